The zero-order valence-electron chi connectivity index (χ0n) is 14.5. The van der Waals surface area contributed by atoms with E-state index in [0.717, 1.165) is 18.7 Å². The summed E-state index contributed by atoms with van der Waals surface area (Å²) in [4.78, 5) is 20.9. The van der Waals surface area contributed by atoms with Crippen LogP contribution in [0.15, 0.2) is 36.7 Å². The van der Waals surface area contributed by atoms with E-state index in [2.05, 4.69) is 20.6 Å². The van der Waals surface area contributed by atoms with Crippen molar-refractivity contribution in [3.8, 4) is 5.75 Å². The predicted octanol–water partition coefficient (Wildman–Crippen LogP) is 3.87. The fourth-order valence-corrected chi connectivity index (χ4v) is 3.01. The van der Waals surface area contributed by atoms with Crippen LogP contribution >= 0.6 is 0 Å². The Labute approximate surface area is 148 Å². The molecule has 2 aromatic rings. The third-order valence-electron chi connectivity index (χ3n) is 4.28. The Morgan fingerprint density at radius 1 is 1.16 bits per heavy atom. The Balaban J connectivity index is 1.62. The van der Waals surface area contributed by atoms with Crippen LogP contribution in [0.3, 0.4) is 0 Å². The van der Waals surface area contributed by atoms with E-state index in [-0.39, 0.29) is 11.6 Å². The van der Waals surface area contributed by atoms with Gasteiger partial charge in [0.1, 0.15) is 17.3 Å². The average Bonchev–Trinajstić information content (AvgIpc) is 2.65. The van der Waals surface area contributed by atoms with Crippen molar-refractivity contribution in [3.63, 3.8) is 0 Å². The summed E-state index contributed by atoms with van der Waals surface area (Å²) < 4.78 is 5.52. The van der Waals surface area contributed by atoms with Crippen LogP contribution in [0.5, 0.6) is 5.75 Å². The second-order valence-corrected chi connectivity index (χ2v) is 6.15. The van der Waals surface area contributed by atoms with Gasteiger partial charge in [0, 0.05) is 6.04 Å². The molecular formula is C19H24N4O2. The van der Waals surface area contributed by atoms with Gasteiger partial charge in [-0.25, -0.2) is 9.97 Å². The summed E-state index contributed by atoms with van der Waals surface area (Å²) >= 11 is 0. The Kier molecular flexibility index (Phi) is 5.82. The smallest absolute Gasteiger partial charge is 0.275 e. The molecular weight excluding hydrogens is 316 g/mol. The lowest BCUT2D eigenvalue weighted by molar-refractivity contribution is 0.102. The second kappa shape index (κ2) is 8.46. The predicted molar refractivity (Wildman–Crippen MR) is 98.1 cm³/mol. The Hall–Kier alpha value is -2.63. The Morgan fingerprint density at radius 3 is 2.68 bits per heavy atom. The number of hydrogen-bond acceptors (Lipinski definition) is 5. The summed E-state index contributed by atoms with van der Waals surface area (Å²) in [5, 5.41) is 6.22. The van der Waals surface area contributed by atoms with E-state index in [1.165, 1.54) is 25.5 Å². The number of ether oxygens (including phenoxy) is 1. The molecule has 0 bridgehead atoms. The number of para-hydroxylation sites is 2. The van der Waals surface area contributed by atoms with E-state index in [4.69, 9.17) is 4.74 Å². The van der Waals surface area contributed by atoms with Gasteiger partial charge in [-0.2, -0.15) is 0 Å². The number of benzene rings is 1. The number of aromatic nitrogens is 2. The molecule has 1 saturated carbocycles. The minimum absolute atomic E-state index is 0.278. The largest absolute Gasteiger partial charge is 0.492 e. The molecule has 132 valence electrons. The molecule has 1 aromatic carbocycles. The lowest BCUT2D eigenvalue weighted by atomic mass is 9.96. The second-order valence-electron chi connectivity index (χ2n) is 6.15. The van der Waals surface area contributed by atoms with Gasteiger partial charge >= 0.3 is 0 Å². The van der Waals surface area contributed by atoms with Crippen molar-refractivity contribution in [1.29, 1.82) is 0 Å². The lowest BCUT2D eigenvalue weighted by Gasteiger charge is -2.23. The molecule has 1 aromatic heterocycles. The highest BCUT2D eigenvalue weighted by Gasteiger charge is 2.15. The fourth-order valence-electron chi connectivity index (χ4n) is 3.01. The molecule has 0 spiro atoms. The number of amides is 1. The number of nitrogens with one attached hydrogen (secondary N) is 2. The van der Waals surface area contributed by atoms with Crippen LogP contribution in [-0.4, -0.2) is 28.5 Å². The normalized spacial score (nSPS) is 14.8. The van der Waals surface area contributed by atoms with Crippen LogP contribution in [-0.2, 0) is 0 Å². The molecule has 0 aliphatic heterocycles. The molecule has 0 unspecified atom stereocenters. The first-order valence-corrected chi connectivity index (χ1v) is 8.88. The maximum Gasteiger partial charge on any atom is 0.275 e. The van der Waals surface area contributed by atoms with Crippen molar-refractivity contribution >= 4 is 17.4 Å². The number of nitrogens with zero attached hydrogens (tertiary/aromatic N) is 2. The molecule has 3 rings (SSSR count). The van der Waals surface area contributed by atoms with Crippen LogP contribution in [0.1, 0.15) is 49.5 Å². The molecule has 6 heteroatoms. The number of hydrogen-bond donors (Lipinski definition) is 2. The molecule has 1 heterocycles. The molecule has 6 nitrogen and oxygen atoms in total. The SMILES string of the molecule is CCOc1ccccc1NC(=O)c1cnc(NC2CCCCC2)cn1. The third kappa shape index (κ3) is 4.68. The van der Waals surface area contributed by atoms with Gasteiger partial charge in [-0.3, -0.25) is 4.79 Å². The molecule has 0 atom stereocenters. The minimum atomic E-state index is -0.302. The summed E-state index contributed by atoms with van der Waals surface area (Å²) in [6.45, 7) is 2.44. The highest BCUT2D eigenvalue weighted by atomic mass is 16.5. The van der Waals surface area contributed by atoms with E-state index in [1.54, 1.807) is 12.3 Å². The lowest BCUT2D eigenvalue weighted by Crippen LogP contribution is -2.23. The van der Waals surface area contributed by atoms with Crippen molar-refractivity contribution in [2.24, 2.45) is 0 Å². The average molecular weight is 340 g/mol. The summed E-state index contributed by atoms with van der Waals surface area (Å²) in [5.41, 5.74) is 0.904. The maximum absolute atomic E-state index is 12.4. The van der Waals surface area contributed by atoms with E-state index in [0.29, 0.717) is 24.1 Å². The quantitative estimate of drug-likeness (QED) is 0.835. The van der Waals surface area contributed by atoms with Crippen molar-refractivity contribution < 1.29 is 9.53 Å². The van der Waals surface area contributed by atoms with E-state index in [1.807, 2.05) is 25.1 Å². The topological polar surface area (TPSA) is 76.1 Å². The molecule has 1 aliphatic rings. The van der Waals surface area contributed by atoms with Gasteiger partial charge in [-0.15, -0.1) is 0 Å². The van der Waals surface area contributed by atoms with Crippen LogP contribution in [0, 0.1) is 0 Å². The first-order chi connectivity index (χ1) is 12.3. The maximum atomic E-state index is 12.4. The minimum Gasteiger partial charge on any atom is -0.492 e. The van der Waals surface area contributed by atoms with Crippen LogP contribution in [0.2, 0.25) is 0 Å². The monoisotopic (exact) mass is 340 g/mol. The van der Waals surface area contributed by atoms with E-state index < -0.39 is 0 Å². The number of carbonyl (C=O) groups excluding carboxylic acids is 1. The van der Waals surface area contributed by atoms with E-state index >= 15 is 0 Å². The van der Waals surface area contributed by atoms with E-state index in [9.17, 15) is 4.79 Å². The molecule has 1 amide bonds. The van der Waals surface area contributed by atoms with Crippen molar-refractivity contribution in [2.75, 3.05) is 17.2 Å². The zero-order chi connectivity index (χ0) is 17.5. The molecule has 25 heavy (non-hydrogen) atoms. The molecule has 2 N–H and O–H groups in total. The van der Waals surface area contributed by atoms with Gasteiger partial charge in [0.15, 0.2) is 0 Å². The summed E-state index contributed by atoms with van der Waals surface area (Å²) in [7, 11) is 0. The van der Waals surface area contributed by atoms with Gasteiger partial charge < -0.3 is 15.4 Å². The standard InChI is InChI=1S/C19H24N4O2/c1-2-25-17-11-7-6-10-15(17)23-19(24)16-12-21-18(13-20-16)22-14-8-4-3-5-9-14/h6-7,10-14H,2-5,8-9H2,1H3,(H,21,22)(H,23,24). The summed E-state index contributed by atoms with van der Waals surface area (Å²) in [6.07, 6.45) is 9.28. The highest BCUT2D eigenvalue weighted by Crippen LogP contribution is 2.24. The molecule has 0 saturated heterocycles. The van der Waals surface area contributed by atoms with Crippen molar-refractivity contribution in [2.45, 2.75) is 45.1 Å². The Morgan fingerprint density at radius 2 is 1.96 bits per heavy atom. The fraction of sp³-hybridized carbons (Fsp3) is 0.421. The van der Waals surface area contributed by atoms with Gasteiger partial charge in [0.25, 0.3) is 5.91 Å². The van der Waals surface area contributed by atoms with Crippen LogP contribution < -0.4 is 15.4 Å². The summed E-state index contributed by atoms with van der Waals surface area (Å²) in [6, 6.07) is 7.80. The molecule has 1 fully saturated rings. The number of carbonyl (C=O) groups is 1. The van der Waals surface area contributed by atoms with Crippen LogP contribution in [0.25, 0.3) is 0 Å². The van der Waals surface area contributed by atoms with Gasteiger partial charge in [0.05, 0.1) is 24.7 Å². The van der Waals surface area contributed by atoms with Gasteiger partial charge in [-0.05, 0) is 31.9 Å². The summed E-state index contributed by atoms with van der Waals surface area (Å²) in [5.74, 6) is 1.06. The highest BCUT2D eigenvalue weighted by molar-refractivity contribution is 6.03. The van der Waals surface area contributed by atoms with Gasteiger partial charge in [-0.1, -0.05) is 31.4 Å². The third-order valence-corrected chi connectivity index (χ3v) is 4.28. The van der Waals surface area contributed by atoms with Crippen molar-refractivity contribution in [3.05, 3.63) is 42.4 Å². The molecule has 0 radical (unpaired) electrons. The zero-order valence-corrected chi connectivity index (χ0v) is 14.5. The van der Waals surface area contributed by atoms with Crippen LogP contribution in [0.4, 0.5) is 11.5 Å². The Bertz CT molecular complexity index is 697. The first-order valence-electron chi connectivity index (χ1n) is 8.88. The first kappa shape index (κ1) is 17.2. The number of anilines is 2. The molecule has 1 aliphatic carbocycles. The number of rotatable bonds is 6. The van der Waals surface area contributed by atoms with Gasteiger partial charge in [0.2, 0.25) is 0 Å². The van der Waals surface area contributed by atoms with Crippen molar-refractivity contribution in [1.82, 2.24) is 9.97 Å².